The predicted octanol–water partition coefficient (Wildman–Crippen LogP) is 3.01. The van der Waals surface area contributed by atoms with E-state index in [1.807, 2.05) is 13.8 Å². The normalized spacial score (nSPS) is 26.5. The second-order valence-corrected chi connectivity index (χ2v) is 7.96. The van der Waals surface area contributed by atoms with E-state index in [0.29, 0.717) is 0 Å². The Bertz CT molecular complexity index is 345. The van der Waals surface area contributed by atoms with Crippen molar-refractivity contribution >= 4 is 23.5 Å². The Morgan fingerprint density at radius 2 is 1.80 bits per heavy atom. The Morgan fingerprint density at radius 3 is 2.30 bits per heavy atom. The smallest absolute Gasteiger partial charge is 0.163 e. The lowest BCUT2D eigenvalue weighted by Gasteiger charge is -2.27. The van der Waals surface area contributed by atoms with Crippen LogP contribution >= 0.6 is 23.5 Å². The number of aliphatic hydroxyl groups is 1. The molecule has 0 saturated carbocycles. The zero-order chi connectivity index (χ0) is 15.2. The van der Waals surface area contributed by atoms with E-state index in [2.05, 4.69) is 23.9 Å². The minimum Gasteiger partial charge on any atom is -0.390 e. The number of nitrogens with zero attached hydrogens (tertiary/aromatic N) is 3. The molecule has 1 rings (SSSR count). The highest BCUT2D eigenvalue weighted by Gasteiger charge is 2.48. The van der Waals surface area contributed by atoms with Gasteiger partial charge in [-0.05, 0) is 30.9 Å². The molecule has 1 saturated heterocycles. The van der Waals surface area contributed by atoms with Crippen molar-refractivity contribution in [2.45, 2.75) is 56.4 Å². The number of ether oxygens (including phenoxy) is 2. The second-order valence-electron chi connectivity index (χ2n) is 4.82. The third-order valence-corrected chi connectivity index (χ3v) is 5.48. The summed E-state index contributed by atoms with van der Waals surface area (Å²) in [7, 11) is 0. The van der Waals surface area contributed by atoms with Crippen LogP contribution in [0, 0.1) is 0 Å². The number of rotatable bonds is 8. The van der Waals surface area contributed by atoms with Gasteiger partial charge in [0, 0.05) is 4.91 Å². The molecule has 0 aromatic heterocycles. The lowest BCUT2D eigenvalue weighted by Crippen LogP contribution is -2.41. The van der Waals surface area contributed by atoms with E-state index in [-0.39, 0.29) is 17.2 Å². The van der Waals surface area contributed by atoms with Gasteiger partial charge in [-0.3, -0.25) is 0 Å². The highest BCUT2D eigenvalue weighted by atomic mass is 32.2. The van der Waals surface area contributed by atoms with Crippen LogP contribution in [0.3, 0.4) is 0 Å². The van der Waals surface area contributed by atoms with Crippen LogP contribution in [0.1, 0.15) is 27.7 Å². The van der Waals surface area contributed by atoms with Crippen molar-refractivity contribution in [1.29, 1.82) is 0 Å². The van der Waals surface area contributed by atoms with Crippen molar-refractivity contribution in [2.24, 2.45) is 5.11 Å². The topological polar surface area (TPSA) is 87.5 Å². The minimum absolute atomic E-state index is 0.00257. The Kier molecular flexibility index (Phi) is 7.50. The standard InChI is InChI=1S/C12H23N3O3S2/c1-5-19-11(20-6-2)10-9(8(16)7-14-15-13)17-12(3,4)18-10/h8-11,16H,5-7H2,1-4H3/t8-,9-,10+/m0/s1. The van der Waals surface area contributed by atoms with Crippen LogP contribution in [0.15, 0.2) is 5.11 Å². The molecule has 0 aromatic carbocycles. The highest BCUT2D eigenvalue weighted by Crippen LogP contribution is 2.39. The van der Waals surface area contributed by atoms with Crippen LogP contribution in [-0.4, -0.2) is 51.8 Å². The maximum atomic E-state index is 10.2. The zero-order valence-corrected chi connectivity index (χ0v) is 14.0. The van der Waals surface area contributed by atoms with Gasteiger partial charge in [-0.15, -0.1) is 23.5 Å². The first-order valence-electron chi connectivity index (χ1n) is 6.73. The molecule has 0 spiro atoms. The fourth-order valence-electron chi connectivity index (χ4n) is 2.12. The van der Waals surface area contributed by atoms with Gasteiger partial charge >= 0.3 is 0 Å². The number of aliphatic hydroxyl groups excluding tert-OH is 1. The molecule has 0 aromatic rings. The van der Waals surface area contributed by atoms with Crippen LogP contribution in [0.25, 0.3) is 10.4 Å². The summed E-state index contributed by atoms with van der Waals surface area (Å²) < 4.78 is 12.0. The summed E-state index contributed by atoms with van der Waals surface area (Å²) >= 11 is 3.57. The van der Waals surface area contributed by atoms with Gasteiger partial charge < -0.3 is 14.6 Å². The summed E-state index contributed by atoms with van der Waals surface area (Å²) in [5, 5.41) is 13.6. The zero-order valence-electron chi connectivity index (χ0n) is 12.4. The molecule has 116 valence electrons. The average molecular weight is 321 g/mol. The van der Waals surface area contributed by atoms with E-state index >= 15 is 0 Å². The van der Waals surface area contributed by atoms with E-state index in [0.717, 1.165) is 11.5 Å². The molecule has 0 radical (unpaired) electrons. The van der Waals surface area contributed by atoms with Crippen molar-refractivity contribution in [3.8, 4) is 0 Å². The fourth-order valence-corrected chi connectivity index (χ4v) is 4.77. The van der Waals surface area contributed by atoms with Crippen molar-refractivity contribution < 1.29 is 14.6 Å². The van der Waals surface area contributed by atoms with E-state index in [1.54, 1.807) is 23.5 Å². The predicted molar refractivity (Wildman–Crippen MR) is 83.9 cm³/mol. The minimum atomic E-state index is -0.852. The van der Waals surface area contributed by atoms with Gasteiger partial charge in [0.2, 0.25) is 0 Å². The quantitative estimate of drug-likeness (QED) is 0.321. The molecule has 1 aliphatic rings. The number of azide groups is 1. The lowest BCUT2D eigenvalue weighted by atomic mass is 10.1. The maximum Gasteiger partial charge on any atom is 0.163 e. The molecule has 6 nitrogen and oxygen atoms in total. The largest absolute Gasteiger partial charge is 0.390 e. The Hall–Kier alpha value is -0.110. The van der Waals surface area contributed by atoms with Crippen LogP contribution in [0.2, 0.25) is 0 Å². The average Bonchev–Trinajstić information content (AvgIpc) is 2.72. The summed E-state index contributed by atoms with van der Waals surface area (Å²) in [6.07, 6.45) is -1.54. The molecule has 0 bridgehead atoms. The molecule has 0 aliphatic carbocycles. The number of hydrogen-bond donors (Lipinski definition) is 1. The van der Waals surface area contributed by atoms with Crippen LogP contribution < -0.4 is 0 Å². The summed E-state index contributed by atoms with van der Waals surface area (Å²) in [6, 6.07) is 0. The fraction of sp³-hybridized carbons (Fsp3) is 1.00. The monoisotopic (exact) mass is 321 g/mol. The third kappa shape index (κ3) is 5.02. The maximum absolute atomic E-state index is 10.2. The molecule has 20 heavy (non-hydrogen) atoms. The molecule has 3 atom stereocenters. The first-order valence-corrected chi connectivity index (χ1v) is 8.82. The van der Waals surface area contributed by atoms with Crippen molar-refractivity contribution in [3.05, 3.63) is 10.4 Å². The van der Waals surface area contributed by atoms with Crippen molar-refractivity contribution in [2.75, 3.05) is 18.1 Å². The van der Waals surface area contributed by atoms with E-state index in [9.17, 15) is 5.11 Å². The highest BCUT2D eigenvalue weighted by molar-refractivity contribution is 8.17. The number of thioether (sulfide) groups is 2. The van der Waals surface area contributed by atoms with Gasteiger partial charge in [-0.25, -0.2) is 0 Å². The molecule has 8 heteroatoms. The summed E-state index contributed by atoms with van der Waals surface area (Å²) in [5.74, 6) is 1.21. The summed E-state index contributed by atoms with van der Waals surface area (Å²) in [5.41, 5.74) is 8.37. The van der Waals surface area contributed by atoms with Crippen LogP contribution in [-0.2, 0) is 9.47 Å². The van der Waals surface area contributed by atoms with E-state index in [4.69, 9.17) is 15.0 Å². The Morgan fingerprint density at radius 1 is 1.25 bits per heavy atom. The van der Waals surface area contributed by atoms with Crippen molar-refractivity contribution in [1.82, 2.24) is 0 Å². The Balaban J connectivity index is 2.84. The third-order valence-electron chi connectivity index (χ3n) is 2.80. The molecule has 1 heterocycles. The first kappa shape index (κ1) is 17.9. The van der Waals surface area contributed by atoms with Gasteiger partial charge in [0.1, 0.15) is 12.2 Å². The summed E-state index contributed by atoms with van der Waals surface area (Å²) in [6.45, 7) is 7.87. The molecule has 1 fully saturated rings. The lowest BCUT2D eigenvalue weighted by molar-refractivity contribution is -0.153. The molecule has 1 N–H and O–H groups in total. The molecule has 0 unspecified atom stereocenters. The SMILES string of the molecule is CCSC(SCC)[C@@H]1OC(C)(C)O[C@H]1[C@@H](O)CN=[N+]=[N-]. The van der Waals surface area contributed by atoms with Gasteiger partial charge in [0.25, 0.3) is 0 Å². The van der Waals surface area contributed by atoms with Gasteiger partial charge in [0.05, 0.1) is 17.2 Å². The van der Waals surface area contributed by atoms with Crippen LogP contribution in [0.5, 0.6) is 0 Å². The number of hydrogen-bond acceptors (Lipinski definition) is 6. The second kappa shape index (κ2) is 8.36. The van der Waals surface area contributed by atoms with Crippen molar-refractivity contribution in [3.63, 3.8) is 0 Å². The summed E-state index contributed by atoms with van der Waals surface area (Å²) in [4.78, 5) is 2.68. The van der Waals surface area contributed by atoms with Gasteiger partial charge in [-0.1, -0.05) is 19.0 Å². The molecule has 0 amide bonds. The Labute approximate surface area is 128 Å². The van der Waals surface area contributed by atoms with Gasteiger partial charge in [-0.2, -0.15) is 0 Å². The molecular formula is C12H23N3O3S2. The van der Waals surface area contributed by atoms with E-state index < -0.39 is 18.0 Å². The van der Waals surface area contributed by atoms with Gasteiger partial charge in [0.15, 0.2) is 5.79 Å². The molecular weight excluding hydrogens is 298 g/mol. The van der Waals surface area contributed by atoms with E-state index in [1.165, 1.54) is 0 Å². The van der Waals surface area contributed by atoms with Crippen LogP contribution in [0.4, 0.5) is 0 Å². The molecule has 1 aliphatic heterocycles. The first-order chi connectivity index (χ1) is 9.45.